The number of aliphatic hydroxyl groups is 1. The predicted octanol–water partition coefficient (Wildman–Crippen LogP) is 4.74. The van der Waals surface area contributed by atoms with E-state index in [0.717, 1.165) is 34.2 Å². The van der Waals surface area contributed by atoms with Crippen LogP contribution in [-0.4, -0.2) is 38.0 Å². The lowest BCUT2D eigenvalue weighted by atomic mass is 10.1. The zero-order valence-electron chi connectivity index (χ0n) is 17.1. The SMILES string of the molecule is COc1cc2c(cc1OC)[N+]1(Nc3c(C)cccc3Cl)C(=CN=C1CCCO)C=N2. The maximum atomic E-state index is 9.45. The van der Waals surface area contributed by atoms with Gasteiger partial charge < -0.3 is 14.6 Å². The van der Waals surface area contributed by atoms with Crippen LogP contribution in [0.2, 0.25) is 5.02 Å². The van der Waals surface area contributed by atoms with Crippen molar-refractivity contribution in [3.05, 3.63) is 52.8 Å². The Bertz CT molecular complexity index is 1060. The van der Waals surface area contributed by atoms with Crippen LogP contribution in [0.1, 0.15) is 18.4 Å². The molecule has 30 heavy (non-hydrogen) atoms. The number of fused-ring (bicyclic) bond motifs is 3. The number of methoxy groups -OCH3 is 2. The minimum Gasteiger partial charge on any atom is -0.493 e. The molecule has 1 atom stereocenters. The van der Waals surface area contributed by atoms with Crippen LogP contribution in [0, 0.1) is 6.92 Å². The van der Waals surface area contributed by atoms with E-state index in [0.29, 0.717) is 29.4 Å². The van der Waals surface area contributed by atoms with Gasteiger partial charge in [0.05, 0.1) is 37.7 Å². The maximum absolute atomic E-state index is 9.45. The molecule has 4 rings (SSSR count). The Kier molecular flexibility index (Phi) is 5.51. The van der Waals surface area contributed by atoms with E-state index in [1.165, 1.54) is 0 Å². The fraction of sp³-hybridized carbons (Fsp3) is 0.273. The number of allylic oxidation sites excluding steroid dienone is 1. The zero-order chi connectivity index (χ0) is 21.3. The van der Waals surface area contributed by atoms with Crippen LogP contribution in [0.3, 0.4) is 0 Å². The van der Waals surface area contributed by atoms with Crippen LogP contribution in [-0.2, 0) is 0 Å². The normalized spacial score (nSPS) is 19.0. The summed E-state index contributed by atoms with van der Waals surface area (Å²) in [6.45, 7) is 2.08. The Balaban J connectivity index is 1.95. The molecular weight excluding hydrogens is 404 g/mol. The molecule has 0 spiro atoms. The molecule has 0 amide bonds. The van der Waals surface area contributed by atoms with Crippen LogP contribution in [0.5, 0.6) is 11.5 Å². The van der Waals surface area contributed by atoms with Gasteiger partial charge in [-0.25, -0.2) is 10.4 Å². The number of anilines is 1. The molecule has 2 aromatic rings. The number of aliphatic imine (C=N–C) groups is 2. The van der Waals surface area contributed by atoms with Gasteiger partial charge in [-0.1, -0.05) is 23.7 Å². The van der Waals surface area contributed by atoms with Gasteiger partial charge in [0, 0.05) is 19.1 Å². The summed E-state index contributed by atoms with van der Waals surface area (Å²) in [5, 5.41) is 10.1. The van der Waals surface area contributed by atoms with Crippen molar-refractivity contribution in [3.63, 3.8) is 0 Å². The van der Waals surface area contributed by atoms with Crippen molar-refractivity contribution in [2.24, 2.45) is 9.98 Å². The van der Waals surface area contributed by atoms with Crippen LogP contribution >= 0.6 is 11.6 Å². The number of halogens is 1. The molecule has 0 bridgehead atoms. The minimum absolute atomic E-state index is 0.0757. The van der Waals surface area contributed by atoms with Gasteiger partial charge in [-0.3, -0.25) is 0 Å². The van der Waals surface area contributed by atoms with Crippen LogP contribution in [0.4, 0.5) is 17.1 Å². The number of para-hydroxylation sites is 1. The number of amidine groups is 1. The molecule has 0 saturated heterocycles. The summed E-state index contributed by atoms with van der Waals surface area (Å²) in [6.07, 6.45) is 4.77. The standard InChI is InChI=1S/C22H24ClN4O3/c1-14-6-4-7-16(23)22(14)26-27-15(13-25-21(27)8-5-9-28)12-24-17-10-19(29-2)20(30-3)11-18(17)27/h4,6-7,10-13,26,28H,5,8-9H2,1-3H3/q+1. The van der Waals surface area contributed by atoms with Crippen molar-refractivity contribution in [3.8, 4) is 11.5 Å². The van der Waals surface area contributed by atoms with Crippen LogP contribution in [0.25, 0.3) is 0 Å². The molecule has 0 radical (unpaired) electrons. The molecule has 2 N–H and O–H groups in total. The molecule has 0 fully saturated rings. The average molecular weight is 428 g/mol. The van der Waals surface area contributed by atoms with E-state index >= 15 is 0 Å². The first-order valence-corrected chi connectivity index (χ1v) is 10.0. The summed E-state index contributed by atoms with van der Waals surface area (Å²) in [7, 11) is 3.20. The molecule has 156 valence electrons. The van der Waals surface area contributed by atoms with Gasteiger partial charge >= 0.3 is 0 Å². The molecule has 7 nitrogen and oxygen atoms in total. The van der Waals surface area contributed by atoms with Crippen molar-refractivity contribution in [1.29, 1.82) is 0 Å². The Hall–Kier alpha value is -2.87. The highest BCUT2D eigenvalue weighted by molar-refractivity contribution is 6.33. The van der Waals surface area contributed by atoms with E-state index in [1.807, 2.05) is 37.3 Å². The lowest BCUT2D eigenvalue weighted by molar-refractivity contribution is 0.290. The molecule has 2 heterocycles. The van der Waals surface area contributed by atoms with E-state index in [2.05, 4.69) is 15.4 Å². The highest BCUT2D eigenvalue weighted by Gasteiger charge is 2.49. The second-order valence-corrected chi connectivity index (χ2v) is 7.50. The molecule has 2 aliphatic rings. The fourth-order valence-corrected chi connectivity index (χ4v) is 4.09. The van der Waals surface area contributed by atoms with Crippen molar-refractivity contribution < 1.29 is 14.6 Å². The van der Waals surface area contributed by atoms with Crippen LogP contribution < -0.4 is 19.5 Å². The smallest absolute Gasteiger partial charge is 0.238 e. The molecule has 8 heteroatoms. The number of hydrogen-bond donors (Lipinski definition) is 2. The first kappa shape index (κ1) is 20.4. The van der Waals surface area contributed by atoms with Gasteiger partial charge in [-0.2, -0.15) is 4.99 Å². The number of benzene rings is 2. The van der Waals surface area contributed by atoms with Crippen LogP contribution in [0.15, 0.2) is 52.2 Å². The van der Waals surface area contributed by atoms with Gasteiger partial charge in [0.15, 0.2) is 17.2 Å². The molecule has 2 aromatic carbocycles. The first-order valence-electron chi connectivity index (χ1n) is 9.67. The maximum Gasteiger partial charge on any atom is 0.238 e. The summed E-state index contributed by atoms with van der Waals surface area (Å²) in [4.78, 5) is 9.31. The van der Waals surface area contributed by atoms with E-state index in [1.54, 1.807) is 26.6 Å². The molecule has 0 aliphatic carbocycles. The Morgan fingerprint density at radius 3 is 2.63 bits per heavy atom. The molecule has 2 aliphatic heterocycles. The van der Waals surface area contributed by atoms with E-state index in [9.17, 15) is 5.11 Å². The lowest BCUT2D eigenvalue weighted by Gasteiger charge is -2.38. The minimum atomic E-state index is 0.0757. The van der Waals surface area contributed by atoms with Gasteiger partial charge in [0.1, 0.15) is 11.4 Å². The van der Waals surface area contributed by atoms with Crippen molar-refractivity contribution >= 4 is 40.7 Å². The summed E-state index contributed by atoms with van der Waals surface area (Å²) in [6, 6.07) is 9.54. The number of rotatable bonds is 7. The number of aryl methyl sites for hydroxylation is 1. The van der Waals surface area contributed by atoms with Crippen molar-refractivity contribution in [2.75, 3.05) is 26.3 Å². The Labute approximate surface area is 180 Å². The van der Waals surface area contributed by atoms with Crippen molar-refractivity contribution in [1.82, 2.24) is 4.59 Å². The summed E-state index contributed by atoms with van der Waals surface area (Å²) in [5.74, 6) is 2.02. The Morgan fingerprint density at radius 1 is 1.17 bits per heavy atom. The lowest BCUT2D eigenvalue weighted by Crippen LogP contribution is -2.57. The number of ether oxygens (including phenoxy) is 2. The van der Waals surface area contributed by atoms with E-state index in [-0.39, 0.29) is 11.2 Å². The van der Waals surface area contributed by atoms with E-state index in [4.69, 9.17) is 21.1 Å². The number of quaternary nitrogens is 1. The third-order valence-corrected chi connectivity index (χ3v) is 5.67. The zero-order valence-corrected chi connectivity index (χ0v) is 17.9. The average Bonchev–Trinajstić information content (AvgIpc) is 3.12. The van der Waals surface area contributed by atoms with Gasteiger partial charge in [0.2, 0.25) is 11.5 Å². The number of nitrogens with one attached hydrogen (secondary N) is 1. The highest BCUT2D eigenvalue weighted by Crippen LogP contribution is 2.49. The predicted molar refractivity (Wildman–Crippen MR) is 121 cm³/mol. The fourth-order valence-electron chi connectivity index (χ4n) is 3.83. The number of hydrogen-bond acceptors (Lipinski definition) is 6. The van der Waals surface area contributed by atoms with Gasteiger partial charge in [-0.15, -0.1) is 4.59 Å². The summed E-state index contributed by atoms with van der Waals surface area (Å²) in [5.41, 5.74) is 7.87. The van der Waals surface area contributed by atoms with E-state index < -0.39 is 0 Å². The topological polar surface area (TPSA) is 75.4 Å². The Morgan fingerprint density at radius 2 is 1.93 bits per heavy atom. The molecule has 0 aromatic heterocycles. The highest BCUT2D eigenvalue weighted by atomic mass is 35.5. The summed E-state index contributed by atoms with van der Waals surface area (Å²) >= 11 is 6.57. The summed E-state index contributed by atoms with van der Waals surface area (Å²) < 4.78 is 11.2. The number of aliphatic hydroxyl groups excluding tert-OH is 1. The molecular formula is C22H24ClN4O3+. The second kappa shape index (κ2) is 8.10. The largest absolute Gasteiger partial charge is 0.493 e. The van der Waals surface area contributed by atoms with Gasteiger partial charge in [-0.05, 0) is 25.0 Å². The second-order valence-electron chi connectivity index (χ2n) is 7.09. The number of nitrogens with zero attached hydrogens (tertiary/aromatic N) is 3. The quantitative estimate of drug-likeness (QED) is 0.625. The molecule has 1 unspecified atom stereocenters. The third-order valence-electron chi connectivity index (χ3n) is 5.36. The van der Waals surface area contributed by atoms with Crippen molar-refractivity contribution in [2.45, 2.75) is 19.8 Å². The third kappa shape index (κ3) is 3.15. The molecule has 0 saturated carbocycles. The monoisotopic (exact) mass is 427 g/mol. The van der Waals surface area contributed by atoms with Gasteiger partial charge in [0.25, 0.3) is 0 Å². The first-order chi connectivity index (χ1) is 14.5.